The minimum atomic E-state index is -0.991. The maximum absolute atomic E-state index is 10.6. The number of nitrogens with one attached hydrogen (secondary N) is 1. The molecule has 0 amide bonds. The number of hydrogen-bond donors (Lipinski definition) is 2. The van der Waals surface area contributed by atoms with Gasteiger partial charge in [0, 0.05) is 0 Å². The van der Waals surface area contributed by atoms with Gasteiger partial charge in [0.05, 0.1) is 11.1 Å². The smallest absolute Gasteiger partial charge is 0.338 e. The number of carbonyl (C=O) groups is 1. The summed E-state index contributed by atoms with van der Waals surface area (Å²) in [7, 11) is -0.879. The SMILES string of the molecule is CCCC[PH](CCCC)(CCCC)CCCC.O=C(O)c1cccc2[nH]nnc12. The van der Waals surface area contributed by atoms with E-state index in [1.165, 1.54) is 57.4 Å². The number of hydrogen-bond acceptors (Lipinski definition) is 3. The molecule has 0 saturated carbocycles. The Morgan fingerprint density at radius 1 is 0.897 bits per heavy atom. The number of carboxylic acid groups (broad SMARTS) is 1. The fourth-order valence-electron chi connectivity index (χ4n) is 4.00. The van der Waals surface area contributed by atoms with Crippen molar-refractivity contribution in [2.75, 3.05) is 24.6 Å². The topological polar surface area (TPSA) is 78.9 Å². The molecule has 2 aromatic rings. The van der Waals surface area contributed by atoms with Crippen molar-refractivity contribution in [3.8, 4) is 0 Å². The molecule has 0 bridgehead atoms. The minimum absolute atomic E-state index is 0.168. The Morgan fingerprint density at radius 3 is 1.79 bits per heavy atom. The normalized spacial score (nSPS) is 11.9. The van der Waals surface area contributed by atoms with Crippen molar-refractivity contribution in [3.05, 3.63) is 23.8 Å². The Balaban J connectivity index is 0.000000304. The fourth-order valence-corrected chi connectivity index (χ4v) is 9.91. The largest absolute Gasteiger partial charge is 0.478 e. The van der Waals surface area contributed by atoms with Gasteiger partial charge in [0.15, 0.2) is 0 Å². The molecule has 0 radical (unpaired) electrons. The van der Waals surface area contributed by atoms with Gasteiger partial charge in [0.1, 0.15) is 5.52 Å². The maximum atomic E-state index is 10.6. The molecule has 0 fully saturated rings. The van der Waals surface area contributed by atoms with Gasteiger partial charge in [-0.25, -0.2) is 4.79 Å². The molecule has 0 unspecified atom stereocenters. The molecule has 29 heavy (non-hydrogen) atoms. The monoisotopic (exact) mass is 423 g/mol. The molecule has 5 nitrogen and oxygen atoms in total. The first kappa shape index (κ1) is 25.6. The van der Waals surface area contributed by atoms with Gasteiger partial charge in [-0.1, -0.05) is 11.3 Å². The molecule has 0 saturated heterocycles. The molecular weight excluding hydrogens is 381 g/mol. The van der Waals surface area contributed by atoms with Crippen LogP contribution in [0.1, 0.15) is 89.4 Å². The zero-order valence-electron chi connectivity index (χ0n) is 19.0. The zero-order valence-corrected chi connectivity index (χ0v) is 20.0. The number of carboxylic acids is 1. The predicted octanol–water partition coefficient (Wildman–Crippen LogP) is 6.59. The van der Waals surface area contributed by atoms with Crippen LogP contribution in [0.15, 0.2) is 18.2 Å². The van der Waals surface area contributed by atoms with Crippen LogP contribution >= 0.6 is 7.26 Å². The molecule has 2 N–H and O–H groups in total. The number of H-pyrrole nitrogens is 1. The van der Waals surface area contributed by atoms with Gasteiger partial charge in [-0.2, -0.15) is 0 Å². The number of nitrogens with zero attached hydrogens (tertiary/aromatic N) is 2. The summed E-state index contributed by atoms with van der Waals surface area (Å²) in [5, 5.41) is 18.5. The number of fused-ring (bicyclic) bond motifs is 1. The molecule has 0 aliphatic carbocycles. The van der Waals surface area contributed by atoms with Crippen LogP contribution in [-0.4, -0.2) is 51.1 Å². The van der Waals surface area contributed by atoms with E-state index in [0.29, 0.717) is 11.0 Å². The van der Waals surface area contributed by atoms with Crippen molar-refractivity contribution < 1.29 is 9.90 Å². The van der Waals surface area contributed by atoms with Gasteiger partial charge in [-0.3, -0.25) is 5.10 Å². The van der Waals surface area contributed by atoms with Crippen LogP contribution in [0, 0.1) is 0 Å². The second-order valence-electron chi connectivity index (χ2n) is 8.23. The van der Waals surface area contributed by atoms with E-state index in [-0.39, 0.29) is 5.56 Å². The Bertz CT molecular complexity index is 665. The molecule has 0 aliphatic rings. The average molecular weight is 424 g/mol. The summed E-state index contributed by atoms with van der Waals surface area (Å²) >= 11 is 0. The summed E-state index contributed by atoms with van der Waals surface area (Å²) in [6.07, 6.45) is 18.1. The van der Waals surface area contributed by atoms with Gasteiger partial charge in [0.25, 0.3) is 0 Å². The third kappa shape index (κ3) is 8.82. The van der Waals surface area contributed by atoms with Gasteiger partial charge < -0.3 is 5.11 Å². The third-order valence-corrected chi connectivity index (χ3v) is 11.5. The molecule has 0 atom stereocenters. The van der Waals surface area contributed by atoms with Crippen molar-refractivity contribution >= 4 is 24.3 Å². The summed E-state index contributed by atoms with van der Waals surface area (Å²) in [6, 6.07) is 4.86. The van der Waals surface area contributed by atoms with E-state index in [1.807, 2.05) is 0 Å². The number of aromatic amines is 1. The molecule has 166 valence electrons. The minimum Gasteiger partial charge on any atom is -0.478 e. The molecular formula is C23H42N3O2P. The molecule has 2 rings (SSSR count). The quantitative estimate of drug-likeness (QED) is 0.356. The maximum Gasteiger partial charge on any atom is 0.338 e. The van der Waals surface area contributed by atoms with Crippen molar-refractivity contribution in [3.63, 3.8) is 0 Å². The van der Waals surface area contributed by atoms with Gasteiger partial charge in [-0.15, -0.1) is 5.10 Å². The Morgan fingerprint density at radius 2 is 1.38 bits per heavy atom. The molecule has 1 aromatic carbocycles. The van der Waals surface area contributed by atoms with E-state index < -0.39 is 13.2 Å². The standard InChI is InChI=1S/C16H37P.C7H5N3O2/c1-5-9-13-17(14-10-6-2,15-11-7-3)16-12-8-4;11-7(12)4-2-1-3-5-6(4)9-10-8-5/h17H,5-16H2,1-4H3;1-3H,(H,11,12)(H,8,9,10). The Kier molecular flexibility index (Phi) is 12.8. The van der Waals surface area contributed by atoms with E-state index in [0.717, 1.165) is 0 Å². The van der Waals surface area contributed by atoms with Crippen LogP contribution in [0.25, 0.3) is 11.0 Å². The van der Waals surface area contributed by atoms with Crippen molar-refractivity contribution in [2.24, 2.45) is 0 Å². The third-order valence-electron chi connectivity index (χ3n) is 5.83. The second kappa shape index (κ2) is 14.5. The van der Waals surface area contributed by atoms with Gasteiger partial charge in [-0.05, 0) is 12.1 Å². The summed E-state index contributed by atoms with van der Waals surface area (Å²) in [5.41, 5.74) is 1.20. The predicted molar refractivity (Wildman–Crippen MR) is 128 cm³/mol. The zero-order chi connectivity index (χ0) is 21.5. The second-order valence-corrected chi connectivity index (χ2v) is 13.2. The van der Waals surface area contributed by atoms with Crippen LogP contribution < -0.4 is 0 Å². The van der Waals surface area contributed by atoms with Crippen LogP contribution in [0.3, 0.4) is 0 Å². The summed E-state index contributed by atoms with van der Waals surface area (Å²) in [4.78, 5) is 10.6. The van der Waals surface area contributed by atoms with Crippen molar-refractivity contribution in [1.29, 1.82) is 0 Å². The number of aromatic nitrogens is 3. The van der Waals surface area contributed by atoms with Crippen LogP contribution in [0.2, 0.25) is 0 Å². The average Bonchev–Trinajstić information content (AvgIpc) is 3.22. The fraction of sp³-hybridized carbons (Fsp3) is 0.696. The molecule has 1 aromatic heterocycles. The number of unbranched alkanes of at least 4 members (excludes halogenated alkanes) is 4. The van der Waals surface area contributed by atoms with Crippen LogP contribution in [0.5, 0.6) is 0 Å². The van der Waals surface area contributed by atoms with Gasteiger partial charge >= 0.3 is 117 Å². The van der Waals surface area contributed by atoms with Gasteiger partial charge in [0.2, 0.25) is 0 Å². The van der Waals surface area contributed by atoms with E-state index in [4.69, 9.17) is 5.11 Å². The van der Waals surface area contributed by atoms with E-state index in [9.17, 15) is 4.79 Å². The first-order valence-corrected chi connectivity index (χ1v) is 14.4. The van der Waals surface area contributed by atoms with Crippen LogP contribution in [-0.2, 0) is 0 Å². The molecule has 6 heteroatoms. The molecule has 0 spiro atoms. The van der Waals surface area contributed by atoms with E-state index in [2.05, 4.69) is 43.1 Å². The van der Waals surface area contributed by atoms with Crippen LogP contribution in [0.4, 0.5) is 0 Å². The first-order valence-electron chi connectivity index (χ1n) is 11.6. The van der Waals surface area contributed by atoms with E-state index in [1.54, 1.807) is 36.8 Å². The number of aromatic carboxylic acids is 1. The van der Waals surface area contributed by atoms with E-state index >= 15 is 0 Å². The number of benzene rings is 1. The number of rotatable bonds is 13. The first-order chi connectivity index (χ1) is 14.0. The van der Waals surface area contributed by atoms with Crippen molar-refractivity contribution in [2.45, 2.75) is 79.1 Å². The summed E-state index contributed by atoms with van der Waals surface area (Å²) in [5.74, 6) is -0.991. The Hall–Kier alpha value is -1.48. The molecule has 0 aliphatic heterocycles. The summed E-state index contributed by atoms with van der Waals surface area (Å²) in [6.45, 7) is 9.44. The Labute approximate surface area is 177 Å². The van der Waals surface area contributed by atoms with Crippen molar-refractivity contribution in [1.82, 2.24) is 15.4 Å². The molecule has 1 heterocycles. The summed E-state index contributed by atoms with van der Waals surface area (Å²) < 4.78 is 0.